The van der Waals surface area contributed by atoms with E-state index in [0.717, 1.165) is 30.0 Å². The molecule has 0 aliphatic heterocycles. The summed E-state index contributed by atoms with van der Waals surface area (Å²) in [6.45, 7) is 2.60. The van der Waals surface area contributed by atoms with Crippen LogP contribution in [0, 0.1) is 4.77 Å². The Morgan fingerprint density at radius 3 is 2.91 bits per heavy atom. The molecule has 122 valence electrons. The summed E-state index contributed by atoms with van der Waals surface area (Å²) in [7, 11) is 0. The summed E-state index contributed by atoms with van der Waals surface area (Å²) in [6.07, 6.45) is 7.92. The molecule has 0 spiro atoms. The molecule has 6 heteroatoms. The highest BCUT2D eigenvalue weighted by Gasteiger charge is 2.21. The first kappa shape index (κ1) is 15.9. The van der Waals surface area contributed by atoms with E-state index in [9.17, 15) is 0 Å². The lowest BCUT2D eigenvalue weighted by Crippen LogP contribution is -2.10. The number of nitrogens with zero attached hydrogens (tertiary/aromatic N) is 3. The van der Waals surface area contributed by atoms with Crippen molar-refractivity contribution >= 4 is 18.4 Å². The minimum Gasteiger partial charge on any atom is -0.493 e. The lowest BCUT2D eigenvalue weighted by Gasteiger charge is -2.19. The monoisotopic (exact) mass is 330 g/mol. The van der Waals surface area contributed by atoms with E-state index in [-0.39, 0.29) is 0 Å². The van der Waals surface area contributed by atoms with Crippen LogP contribution >= 0.6 is 12.2 Å². The molecule has 0 bridgehead atoms. The molecule has 1 saturated carbocycles. The molecule has 0 amide bonds. The maximum Gasteiger partial charge on any atom is 0.216 e. The number of benzene rings is 1. The van der Waals surface area contributed by atoms with Crippen molar-refractivity contribution in [3.8, 4) is 5.75 Å². The topological polar surface area (TPSA) is 55.2 Å². The van der Waals surface area contributed by atoms with Gasteiger partial charge in [-0.15, -0.1) is 0 Å². The Morgan fingerprint density at radius 1 is 1.35 bits per heavy atom. The van der Waals surface area contributed by atoms with Gasteiger partial charge in [0.25, 0.3) is 0 Å². The van der Waals surface area contributed by atoms with Crippen LogP contribution in [0.5, 0.6) is 5.75 Å². The Balaban J connectivity index is 1.88. The maximum absolute atomic E-state index is 5.63. The van der Waals surface area contributed by atoms with Crippen LogP contribution in [0.3, 0.4) is 0 Å². The van der Waals surface area contributed by atoms with E-state index in [4.69, 9.17) is 17.0 Å². The second-order valence-corrected chi connectivity index (χ2v) is 6.14. The molecule has 23 heavy (non-hydrogen) atoms. The number of hydrogen-bond donors (Lipinski definition) is 1. The number of rotatable bonds is 5. The fraction of sp³-hybridized carbons (Fsp3) is 0.471. The molecular formula is C17H22N4OS. The lowest BCUT2D eigenvalue weighted by molar-refractivity contribution is 0.340. The molecule has 1 aromatic heterocycles. The molecule has 1 aromatic carbocycles. The zero-order chi connectivity index (χ0) is 16.1. The number of aromatic nitrogens is 3. The molecule has 1 N–H and O–H groups in total. The summed E-state index contributed by atoms with van der Waals surface area (Å²) >= 11 is 5.34. The number of para-hydroxylation sites is 1. The van der Waals surface area contributed by atoms with Crippen molar-refractivity contribution < 1.29 is 4.74 Å². The summed E-state index contributed by atoms with van der Waals surface area (Å²) in [6, 6.07) is 7.86. The molecule has 1 aliphatic carbocycles. The Labute approximate surface area is 141 Å². The van der Waals surface area contributed by atoms with Gasteiger partial charge in [-0.3, -0.25) is 5.10 Å². The SMILES string of the molecule is CCOc1ccccc1/C=N\n1c(C2CCCCC2)n[nH]c1=S. The average Bonchev–Trinajstić information content (AvgIpc) is 2.96. The second-order valence-electron chi connectivity index (χ2n) is 5.75. The van der Waals surface area contributed by atoms with Crippen molar-refractivity contribution in [3.63, 3.8) is 0 Å². The van der Waals surface area contributed by atoms with Gasteiger partial charge >= 0.3 is 0 Å². The third-order valence-electron chi connectivity index (χ3n) is 4.18. The molecule has 0 saturated heterocycles. The summed E-state index contributed by atoms with van der Waals surface area (Å²) in [5, 5.41) is 11.9. The van der Waals surface area contributed by atoms with Crippen molar-refractivity contribution in [2.75, 3.05) is 6.61 Å². The number of aromatic amines is 1. The molecule has 0 atom stereocenters. The predicted octanol–water partition coefficient (Wildman–Crippen LogP) is 4.27. The van der Waals surface area contributed by atoms with Crippen molar-refractivity contribution in [3.05, 3.63) is 40.4 Å². The smallest absolute Gasteiger partial charge is 0.216 e. The van der Waals surface area contributed by atoms with Crippen LogP contribution in [0.15, 0.2) is 29.4 Å². The molecule has 0 unspecified atom stereocenters. The quantitative estimate of drug-likeness (QED) is 0.658. The van der Waals surface area contributed by atoms with E-state index in [1.54, 1.807) is 10.9 Å². The number of ether oxygens (including phenoxy) is 1. The van der Waals surface area contributed by atoms with Gasteiger partial charge in [-0.2, -0.15) is 14.9 Å². The van der Waals surface area contributed by atoms with Gasteiger partial charge in [-0.1, -0.05) is 31.4 Å². The molecule has 1 aliphatic rings. The van der Waals surface area contributed by atoms with Crippen LogP contribution in [-0.2, 0) is 0 Å². The first-order chi connectivity index (χ1) is 11.3. The van der Waals surface area contributed by atoms with Gasteiger partial charge in [0.2, 0.25) is 4.77 Å². The summed E-state index contributed by atoms with van der Waals surface area (Å²) in [5.41, 5.74) is 0.937. The van der Waals surface area contributed by atoms with E-state index >= 15 is 0 Å². The Kier molecular flexibility index (Phi) is 5.23. The third kappa shape index (κ3) is 3.69. The van der Waals surface area contributed by atoms with E-state index in [1.807, 2.05) is 31.2 Å². The third-order valence-corrected chi connectivity index (χ3v) is 4.44. The van der Waals surface area contributed by atoms with E-state index in [0.29, 0.717) is 17.3 Å². The van der Waals surface area contributed by atoms with E-state index in [1.165, 1.54) is 19.3 Å². The fourth-order valence-corrected chi connectivity index (χ4v) is 3.22. The van der Waals surface area contributed by atoms with Gasteiger partial charge in [-0.25, -0.2) is 0 Å². The minimum absolute atomic E-state index is 0.441. The second kappa shape index (κ2) is 7.55. The fourth-order valence-electron chi connectivity index (χ4n) is 3.03. The van der Waals surface area contributed by atoms with E-state index < -0.39 is 0 Å². The van der Waals surface area contributed by atoms with Gasteiger partial charge in [0, 0.05) is 11.5 Å². The lowest BCUT2D eigenvalue weighted by atomic mass is 9.89. The van der Waals surface area contributed by atoms with Gasteiger partial charge < -0.3 is 4.74 Å². The number of nitrogens with one attached hydrogen (secondary N) is 1. The standard InChI is InChI=1S/C17H22N4OS/c1-2-22-15-11-7-6-10-14(15)12-18-21-16(19-20-17(21)23)13-8-4-3-5-9-13/h6-7,10-13H,2-5,8-9H2,1H3,(H,20,23)/b18-12-. The molecule has 2 aromatic rings. The average molecular weight is 330 g/mol. The van der Waals surface area contributed by atoms with Gasteiger partial charge in [0.15, 0.2) is 5.82 Å². The molecule has 5 nitrogen and oxygen atoms in total. The van der Waals surface area contributed by atoms with Crippen LogP contribution in [0.2, 0.25) is 0 Å². The maximum atomic E-state index is 5.63. The van der Waals surface area contributed by atoms with Crippen molar-refractivity contribution in [1.29, 1.82) is 0 Å². The number of H-pyrrole nitrogens is 1. The molecule has 1 fully saturated rings. The van der Waals surface area contributed by atoms with Crippen LogP contribution in [0.1, 0.15) is 56.3 Å². The molecule has 0 radical (unpaired) electrons. The van der Waals surface area contributed by atoms with Crippen molar-refractivity contribution in [1.82, 2.24) is 14.9 Å². The molecular weight excluding hydrogens is 308 g/mol. The van der Waals surface area contributed by atoms with Crippen LogP contribution in [0.4, 0.5) is 0 Å². The normalized spacial score (nSPS) is 16.0. The van der Waals surface area contributed by atoms with E-state index in [2.05, 4.69) is 15.3 Å². The summed E-state index contributed by atoms with van der Waals surface area (Å²) in [5.74, 6) is 2.21. The molecule has 1 heterocycles. The largest absolute Gasteiger partial charge is 0.493 e. The Morgan fingerprint density at radius 2 is 2.13 bits per heavy atom. The first-order valence-corrected chi connectivity index (χ1v) is 8.64. The highest BCUT2D eigenvalue weighted by Crippen LogP contribution is 2.31. The van der Waals surface area contributed by atoms with Gasteiger partial charge in [-0.05, 0) is 44.1 Å². The minimum atomic E-state index is 0.441. The molecule has 3 rings (SSSR count). The highest BCUT2D eigenvalue weighted by molar-refractivity contribution is 7.71. The predicted molar refractivity (Wildman–Crippen MR) is 93.8 cm³/mol. The first-order valence-electron chi connectivity index (χ1n) is 8.23. The Bertz CT molecular complexity index is 728. The summed E-state index contributed by atoms with van der Waals surface area (Å²) in [4.78, 5) is 0. The van der Waals surface area contributed by atoms with Gasteiger partial charge in [0.05, 0.1) is 12.8 Å². The summed E-state index contributed by atoms with van der Waals surface area (Å²) < 4.78 is 7.93. The zero-order valence-electron chi connectivity index (χ0n) is 13.4. The zero-order valence-corrected chi connectivity index (χ0v) is 14.2. The van der Waals surface area contributed by atoms with Crippen LogP contribution in [-0.4, -0.2) is 27.7 Å². The number of hydrogen-bond acceptors (Lipinski definition) is 4. The van der Waals surface area contributed by atoms with Crippen molar-refractivity contribution in [2.24, 2.45) is 5.10 Å². The van der Waals surface area contributed by atoms with Crippen LogP contribution in [0.25, 0.3) is 0 Å². The van der Waals surface area contributed by atoms with Crippen LogP contribution < -0.4 is 4.74 Å². The Hall–Kier alpha value is -1.95. The highest BCUT2D eigenvalue weighted by atomic mass is 32.1. The van der Waals surface area contributed by atoms with Crippen molar-refractivity contribution in [2.45, 2.75) is 44.9 Å². The van der Waals surface area contributed by atoms with Gasteiger partial charge in [0.1, 0.15) is 5.75 Å².